The van der Waals surface area contributed by atoms with Crippen LogP contribution in [-0.4, -0.2) is 96.6 Å². The first-order valence-corrected chi connectivity index (χ1v) is 11.5. The number of ether oxygens (including phenoxy) is 3. The summed E-state index contributed by atoms with van der Waals surface area (Å²) in [6.07, 6.45) is 5.50. The van der Waals surface area contributed by atoms with Crippen molar-refractivity contribution in [3.05, 3.63) is 18.5 Å². The number of methoxy groups -OCH3 is 1. The van der Waals surface area contributed by atoms with Crippen LogP contribution in [0.2, 0.25) is 0 Å². The van der Waals surface area contributed by atoms with Gasteiger partial charge in [0.15, 0.2) is 0 Å². The number of nitrogens with one attached hydrogen (secondary N) is 1. The molecule has 2 fully saturated rings. The number of aromatic nitrogens is 4. The van der Waals surface area contributed by atoms with Crippen LogP contribution in [0.25, 0.3) is 11.3 Å². The molecule has 12 heteroatoms. The number of morpholine rings is 1. The van der Waals surface area contributed by atoms with Crippen LogP contribution >= 0.6 is 0 Å². The molecule has 0 aromatic carbocycles. The van der Waals surface area contributed by atoms with E-state index < -0.39 is 0 Å². The number of hydrogen-bond acceptors (Lipinski definition) is 10. The first kappa shape index (κ1) is 23.9. The average Bonchev–Trinajstić information content (AvgIpc) is 2.84. The second-order valence-electron chi connectivity index (χ2n) is 8.38. The van der Waals surface area contributed by atoms with E-state index in [0.717, 1.165) is 24.8 Å². The summed E-state index contributed by atoms with van der Waals surface area (Å²) in [5.41, 5.74) is 7.02. The summed E-state index contributed by atoms with van der Waals surface area (Å²) in [4.78, 5) is 33.6. The molecule has 0 unspecified atom stereocenters. The van der Waals surface area contributed by atoms with Gasteiger partial charge >= 0.3 is 6.03 Å². The summed E-state index contributed by atoms with van der Waals surface area (Å²) in [7, 11) is 3.46. The lowest BCUT2D eigenvalue weighted by atomic mass is 9.88. The second kappa shape index (κ2) is 11.3. The SMILES string of the molecule is COCCCNC(=O)N(C)[C@H]1C[C@H](Oc2cc(-c3cnc(N)nc3)nc(N3CCOCC3)n2)C1. The third-order valence-corrected chi connectivity index (χ3v) is 5.98. The van der Waals surface area contributed by atoms with Gasteiger partial charge in [-0.2, -0.15) is 4.98 Å². The third kappa shape index (κ3) is 6.00. The van der Waals surface area contributed by atoms with Crippen LogP contribution in [0.3, 0.4) is 0 Å². The minimum absolute atomic E-state index is 0.0308. The second-order valence-corrected chi connectivity index (χ2v) is 8.38. The molecule has 2 aliphatic rings. The molecule has 0 bridgehead atoms. The highest BCUT2D eigenvalue weighted by atomic mass is 16.5. The molecule has 2 aromatic rings. The van der Waals surface area contributed by atoms with Crippen molar-refractivity contribution in [2.45, 2.75) is 31.4 Å². The molecule has 3 N–H and O–H groups in total. The number of rotatable bonds is 9. The quantitative estimate of drug-likeness (QED) is 0.507. The number of urea groups is 1. The molecule has 0 radical (unpaired) electrons. The van der Waals surface area contributed by atoms with E-state index in [0.29, 0.717) is 57.0 Å². The fraction of sp³-hybridized carbons (Fsp3) is 0.591. The van der Waals surface area contributed by atoms with Crippen molar-refractivity contribution in [2.75, 3.05) is 64.2 Å². The Bertz CT molecular complexity index is 948. The highest BCUT2D eigenvalue weighted by molar-refractivity contribution is 5.74. The summed E-state index contributed by atoms with van der Waals surface area (Å²) >= 11 is 0. The zero-order valence-electron chi connectivity index (χ0n) is 19.6. The maximum atomic E-state index is 12.3. The number of nitrogen functional groups attached to an aromatic ring is 1. The van der Waals surface area contributed by atoms with E-state index in [-0.39, 0.29) is 24.1 Å². The number of carbonyl (C=O) groups is 1. The van der Waals surface area contributed by atoms with Crippen molar-refractivity contribution < 1.29 is 19.0 Å². The van der Waals surface area contributed by atoms with Gasteiger partial charge in [-0.25, -0.2) is 19.7 Å². The molecule has 1 saturated heterocycles. The Hall–Kier alpha value is -3.25. The van der Waals surface area contributed by atoms with Gasteiger partial charge in [0, 0.05) is 83.3 Å². The van der Waals surface area contributed by atoms with Gasteiger partial charge in [-0.1, -0.05) is 0 Å². The Morgan fingerprint density at radius 3 is 2.71 bits per heavy atom. The third-order valence-electron chi connectivity index (χ3n) is 5.98. The summed E-state index contributed by atoms with van der Waals surface area (Å²) < 4.78 is 16.7. The number of anilines is 2. The molecule has 34 heavy (non-hydrogen) atoms. The molecule has 1 aliphatic carbocycles. The van der Waals surface area contributed by atoms with Gasteiger partial charge in [0.25, 0.3) is 0 Å². The maximum Gasteiger partial charge on any atom is 0.317 e. The molecule has 0 atom stereocenters. The van der Waals surface area contributed by atoms with E-state index >= 15 is 0 Å². The molecular weight excluding hydrogens is 440 g/mol. The molecule has 184 valence electrons. The molecule has 0 spiro atoms. The highest BCUT2D eigenvalue weighted by Gasteiger charge is 2.36. The Balaban J connectivity index is 1.40. The van der Waals surface area contributed by atoms with Crippen LogP contribution in [0.5, 0.6) is 5.88 Å². The zero-order chi connectivity index (χ0) is 23.9. The van der Waals surface area contributed by atoms with E-state index in [2.05, 4.69) is 25.2 Å². The molecule has 2 aromatic heterocycles. The lowest BCUT2D eigenvalue weighted by Gasteiger charge is -2.40. The highest BCUT2D eigenvalue weighted by Crippen LogP contribution is 2.31. The zero-order valence-corrected chi connectivity index (χ0v) is 19.6. The van der Waals surface area contributed by atoms with Crippen LogP contribution in [0, 0.1) is 0 Å². The fourth-order valence-corrected chi connectivity index (χ4v) is 3.82. The van der Waals surface area contributed by atoms with E-state index in [1.807, 2.05) is 7.05 Å². The minimum atomic E-state index is -0.0816. The van der Waals surface area contributed by atoms with Gasteiger partial charge in [-0.05, 0) is 6.42 Å². The molecule has 12 nitrogen and oxygen atoms in total. The predicted molar refractivity (Wildman–Crippen MR) is 126 cm³/mol. The van der Waals surface area contributed by atoms with Crippen molar-refractivity contribution >= 4 is 17.9 Å². The number of nitrogens with zero attached hydrogens (tertiary/aromatic N) is 6. The van der Waals surface area contributed by atoms with Crippen LogP contribution in [0.1, 0.15) is 19.3 Å². The predicted octanol–water partition coefficient (Wildman–Crippen LogP) is 0.940. The molecule has 2 amide bonds. The largest absolute Gasteiger partial charge is 0.474 e. The van der Waals surface area contributed by atoms with Gasteiger partial charge in [0.1, 0.15) is 6.10 Å². The van der Waals surface area contributed by atoms with Crippen molar-refractivity contribution in [3.63, 3.8) is 0 Å². The van der Waals surface area contributed by atoms with Gasteiger partial charge < -0.3 is 35.1 Å². The molecule has 1 saturated carbocycles. The molecule has 3 heterocycles. The molecular formula is C22H32N8O4. The van der Waals surface area contributed by atoms with E-state index in [1.165, 1.54) is 0 Å². The van der Waals surface area contributed by atoms with Gasteiger partial charge in [-0.3, -0.25) is 0 Å². The van der Waals surface area contributed by atoms with Crippen molar-refractivity contribution in [1.29, 1.82) is 0 Å². The Morgan fingerprint density at radius 2 is 2.00 bits per heavy atom. The topological polar surface area (TPSA) is 141 Å². The Kier molecular flexibility index (Phi) is 7.91. The summed E-state index contributed by atoms with van der Waals surface area (Å²) in [6.45, 7) is 3.87. The Morgan fingerprint density at radius 1 is 1.26 bits per heavy atom. The van der Waals surface area contributed by atoms with E-state index in [9.17, 15) is 4.79 Å². The molecule has 4 rings (SSSR count). The lowest BCUT2D eigenvalue weighted by Crippen LogP contribution is -2.52. The van der Waals surface area contributed by atoms with Gasteiger partial charge in [0.05, 0.1) is 18.9 Å². The van der Waals surface area contributed by atoms with Crippen molar-refractivity contribution in [3.8, 4) is 17.1 Å². The minimum Gasteiger partial charge on any atom is -0.474 e. The van der Waals surface area contributed by atoms with E-state index in [1.54, 1.807) is 30.5 Å². The van der Waals surface area contributed by atoms with E-state index in [4.69, 9.17) is 24.9 Å². The van der Waals surface area contributed by atoms with Crippen LogP contribution in [-0.2, 0) is 9.47 Å². The normalized spacial score (nSPS) is 19.9. The summed E-state index contributed by atoms with van der Waals surface area (Å²) in [6, 6.07) is 1.83. The first-order chi connectivity index (χ1) is 16.5. The summed E-state index contributed by atoms with van der Waals surface area (Å²) in [5, 5.41) is 2.91. The number of carbonyl (C=O) groups excluding carboxylic acids is 1. The lowest BCUT2D eigenvalue weighted by molar-refractivity contribution is 0.0405. The van der Waals surface area contributed by atoms with Gasteiger partial charge in [0.2, 0.25) is 17.8 Å². The molecule has 1 aliphatic heterocycles. The standard InChI is InChI=1S/C22H32N8O4/c1-29(22(31)24-4-3-7-32-2)16-10-17(11-16)34-19-12-18(15-13-25-20(23)26-14-15)27-21(28-19)30-5-8-33-9-6-30/h12-14,16-17H,3-11H2,1-2H3,(H,24,31)(H2,23,25,26)/t16-,17-. The van der Waals surface area contributed by atoms with Crippen molar-refractivity contribution in [2.24, 2.45) is 0 Å². The first-order valence-electron chi connectivity index (χ1n) is 11.5. The van der Waals surface area contributed by atoms with Crippen LogP contribution < -0.4 is 20.7 Å². The monoisotopic (exact) mass is 472 g/mol. The number of amides is 2. The van der Waals surface area contributed by atoms with Crippen LogP contribution in [0.4, 0.5) is 16.7 Å². The number of nitrogens with two attached hydrogens (primary N) is 1. The van der Waals surface area contributed by atoms with Gasteiger partial charge in [-0.15, -0.1) is 0 Å². The average molecular weight is 473 g/mol. The number of hydrogen-bond donors (Lipinski definition) is 2. The van der Waals surface area contributed by atoms with Crippen LogP contribution in [0.15, 0.2) is 18.5 Å². The summed E-state index contributed by atoms with van der Waals surface area (Å²) in [5.74, 6) is 1.27. The smallest absolute Gasteiger partial charge is 0.317 e. The van der Waals surface area contributed by atoms with Crippen molar-refractivity contribution in [1.82, 2.24) is 30.2 Å². The fourth-order valence-electron chi connectivity index (χ4n) is 3.82. The Labute approximate surface area is 198 Å². The maximum absolute atomic E-state index is 12.3.